The maximum absolute atomic E-state index is 5.37. The molecule has 0 aromatic heterocycles. The molecule has 0 saturated heterocycles. The molecule has 0 N–H and O–H groups in total. The first kappa shape index (κ1) is 27.1. The van der Waals surface area contributed by atoms with Crippen LogP contribution >= 0.6 is 0 Å². The topological polar surface area (TPSA) is 9.23 Å². The van der Waals surface area contributed by atoms with E-state index in [0.717, 1.165) is 54.6 Å². The van der Waals surface area contributed by atoms with Crippen LogP contribution in [0.25, 0.3) is 5.57 Å². The molecule has 0 amide bonds. The van der Waals surface area contributed by atoms with E-state index in [1.165, 1.54) is 11.1 Å². The summed E-state index contributed by atoms with van der Waals surface area (Å²) in [5.74, 6) is 7.52. The zero-order valence-corrected chi connectivity index (χ0v) is 19.8. The van der Waals surface area contributed by atoms with E-state index in [9.17, 15) is 0 Å². The highest BCUT2D eigenvalue weighted by atomic mass is 16.5. The van der Waals surface area contributed by atoms with Crippen LogP contribution in [0.15, 0.2) is 72.5 Å². The molecule has 0 unspecified atom stereocenters. The number of hydrogen-bond acceptors (Lipinski definition) is 1. The molecule has 2 aromatic rings. The van der Waals surface area contributed by atoms with Crippen LogP contribution in [0.1, 0.15) is 77.5 Å². The van der Waals surface area contributed by atoms with Gasteiger partial charge in [-0.05, 0) is 72.6 Å². The van der Waals surface area contributed by atoms with Gasteiger partial charge in [-0.3, -0.25) is 0 Å². The number of benzene rings is 2. The van der Waals surface area contributed by atoms with Crippen molar-refractivity contribution in [3.8, 4) is 17.6 Å². The summed E-state index contributed by atoms with van der Waals surface area (Å²) in [6.07, 6.45) is 7.28. The number of methoxy groups -OCH3 is 1. The molecule has 2 aromatic carbocycles. The van der Waals surface area contributed by atoms with Crippen molar-refractivity contribution in [2.75, 3.05) is 7.11 Å². The lowest BCUT2D eigenvalue weighted by Gasteiger charge is -2.28. The second kappa shape index (κ2) is 13.5. The van der Waals surface area contributed by atoms with Crippen LogP contribution in [-0.4, -0.2) is 7.11 Å². The van der Waals surface area contributed by atoms with Crippen LogP contribution in [0.4, 0.5) is 0 Å². The fraction of sp³-hybridized carbons (Fsp3) is 0.387. The number of allylic oxidation sites excluding steroid dienone is 3. The Hall–Kier alpha value is -2.94. The summed E-state index contributed by atoms with van der Waals surface area (Å²) >= 11 is 0. The molecule has 32 heavy (non-hydrogen) atoms. The van der Waals surface area contributed by atoms with E-state index in [1.54, 1.807) is 7.11 Å². The van der Waals surface area contributed by atoms with Gasteiger partial charge >= 0.3 is 0 Å². The van der Waals surface area contributed by atoms with Gasteiger partial charge in [-0.15, -0.1) is 5.73 Å². The van der Waals surface area contributed by atoms with Crippen LogP contribution in [0.2, 0.25) is 0 Å². The molecule has 0 saturated carbocycles. The van der Waals surface area contributed by atoms with Gasteiger partial charge in [0.15, 0.2) is 0 Å². The molecule has 0 bridgehead atoms. The molecule has 0 aliphatic heterocycles. The molecule has 0 radical (unpaired) electrons. The van der Waals surface area contributed by atoms with E-state index in [-0.39, 0.29) is 12.8 Å². The lowest BCUT2D eigenvalue weighted by molar-refractivity contribution is 0.399. The van der Waals surface area contributed by atoms with Gasteiger partial charge in [-0.1, -0.05) is 89.8 Å². The zero-order valence-electron chi connectivity index (χ0n) is 19.8. The van der Waals surface area contributed by atoms with Crippen LogP contribution in [0.3, 0.4) is 0 Å². The van der Waals surface area contributed by atoms with Crippen molar-refractivity contribution in [2.24, 2.45) is 5.41 Å². The first-order valence-electron chi connectivity index (χ1n) is 11.3. The predicted molar refractivity (Wildman–Crippen MR) is 141 cm³/mol. The number of aryl methyl sites for hydroxylation is 1. The maximum Gasteiger partial charge on any atom is 0.119 e. The molecule has 0 spiro atoms. The van der Waals surface area contributed by atoms with Gasteiger partial charge in [0.1, 0.15) is 5.75 Å². The van der Waals surface area contributed by atoms with Gasteiger partial charge in [0.05, 0.1) is 7.11 Å². The quantitative estimate of drug-likeness (QED) is 0.287. The van der Waals surface area contributed by atoms with Gasteiger partial charge in [-0.2, -0.15) is 0 Å². The molecular formula is C31H40O. The number of ether oxygens (including phenoxy) is 1. The van der Waals surface area contributed by atoms with Crippen molar-refractivity contribution in [1.29, 1.82) is 0 Å². The molecular weight excluding hydrogens is 388 g/mol. The summed E-state index contributed by atoms with van der Waals surface area (Å²) in [5, 5.41) is 0. The Balaban J connectivity index is 0.00000512. The Kier molecular flexibility index (Phi) is 11.4. The molecule has 1 nitrogen and oxygen atoms in total. The van der Waals surface area contributed by atoms with E-state index in [4.69, 9.17) is 4.74 Å². The highest BCUT2D eigenvalue weighted by Gasteiger charge is 2.23. The summed E-state index contributed by atoms with van der Waals surface area (Å²) in [6.45, 7) is 13.0. The lowest BCUT2D eigenvalue weighted by atomic mass is 9.76. The fourth-order valence-electron chi connectivity index (χ4n) is 3.69. The normalized spacial score (nSPS) is 11.0. The Morgan fingerprint density at radius 2 is 1.81 bits per heavy atom. The minimum absolute atomic E-state index is 0. The second-order valence-electron chi connectivity index (χ2n) is 8.51. The van der Waals surface area contributed by atoms with E-state index in [2.05, 4.69) is 94.3 Å². The Bertz CT molecular complexity index is 1000. The van der Waals surface area contributed by atoms with Crippen molar-refractivity contribution in [3.63, 3.8) is 0 Å². The van der Waals surface area contributed by atoms with Crippen molar-refractivity contribution >= 4 is 5.57 Å². The van der Waals surface area contributed by atoms with E-state index in [1.807, 2.05) is 12.1 Å². The first-order valence-corrected chi connectivity index (χ1v) is 11.3. The highest BCUT2D eigenvalue weighted by Crippen LogP contribution is 2.37. The van der Waals surface area contributed by atoms with Crippen LogP contribution < -0.4 is 4.74 Å². The molecule has 0 atom stereocenters. The summed E-state index contributed by atoms with van der Waals surface area (Å²) in [7, 11) is 1.70. The molecule has 0 heterocycles. The largest absolute Gasteiger partial charge is 0.497 e. The Labute approximate surface area is 196 Å². The van der Waals surface area contributed by atoms with E-state index in [0.29, 0.717) is 0 Å². The Morgan fingerprint density at radius 3 is 2.47 bits per heavy atom. The van der Waals surface area contributed by atoms with E-state index < -0.39 is 0 Å². The van der Waals surface area contributed by atoms with Gasteiger partial charge in [-0.25, -0.2) is 0 Å². The van der Waals surface area contributed by atoms with Crippen LogP contribution in [0, 0.1) is 17.3 Å². The average Bonchev–Trinajstić information content (AvgIpc) is 2.79. The average molecular weight is 429 g/mol. The summed E-state index contributed by atoms with van der Waals surface area (Å²) in [6, 6.07) is 16.6. The summed E-state index contributed by atoms with van der Waals surface area (Å²) in [4.78, 5) is 0. The van der Waals surface area contributed by atoms with Gasteiger partial charge in [0.2, 0.25) is 0 Å². The van der Waals surface area contributed by atoms with Gasteiger partial charge < -0.3 is 4.74 Å². The molecule has 0 aliphatic carbocycles. The van der Waals surface area contributed by atoms with Crippen LogP contribution in [-0.2, 0) is 6.42 Å². The molecule has 1 heteroatoms. The van der Waals surface area contributed by atoms with Crippen LogP contribution in [0.5, 0.6) is 5.75 Å². The highest BCUT2D eigenvalue weighted by molar-refractivity contribution is 5.66. The van der Waals surface area contributed by atoms with E-state index >= 15 is 0 Å². The molecule has 0 fully saturated rings. The number of hydrogen-bond donors (Lipinski definition) is 0. The maximum atomic E-state index is 5.37. The van der Waals surface area contributed by atoms with Crippen molar-refractivity contribution in [2.45, 2.75) is 67.2 Å². The van der Waals surface area contributed by atoms with Crippen molar-refractivity contribution in [3.05, 3.63) is 89.2 Å². The third kappa shape index (κ3) is 7.96. The number of rotatable bonds is 9. The van der Waals surface area contributed by atoms with Crippen molar-refractivity contribution in [1.82, 2.24) is 0 Å². The molecule has 170 valence electrons. The minimum Gasteiger partial charge on any atom is -0.497 e. The zero-order chi connectivity index (χ0) is 22.7. The second-order valence-corrected chi connectivity index (χ2v) is 8.51. The van der Waals surface area contributed by atoms with Gasteiger partial charge in [0.25, 0.3) is 0 Å². The lowest BCUT2D eigenvalue weighted by Crippen LogP contribution is -2.15. The minimum atomic E-state index is 0. The third-order valence-corrected chi connectivity index (χ3v) is 5.82. The molecule has 2 rings (SSSR count). The van der Waals surface area contributed by atoms with Crippen molar-refractivity contribution < 1.29 is 4.74 Å². The smallest absolute Gasteiger partial charge is 0.119 e. The third-order valence-electron chi connectivity index (χ3n) is 5.82. The SMILES string of the molecule is C.C=C=C(CCC(C)(C)/C(=C/C#Cc1cccc(CC)c1)CCC)c1cccc(OC)c1. The van der Waals surface area contributed by atoms with Gasteiger partial charge in [0, 0.05) is 11.1 Å². The monoisotopic (exact) mass is 428 g/mol. The summed E-state index contributed by atoms with van der Waals surface area (Å²) < 4.78 is 5.37. The first-order chi connectivity index (χ1) is 14.9. The summed E-state index contributed by atoms with van der Waals surface area (Å²) in [5.41, 5.74) is 9.27. The fourth-order valence-corrected chi connectivity index (χ4v) is 3.69. The molecule has 0 aliphatic rings. The standard InChI is InChI=1S/C30H36O.CH4/c1-7-13-28(18-11-16-25-15-10-14-24(8-2)22-25)30(4,5)21-20-26(9-3)27-17-12-19-29(23-27)31-6;/h10,12,14-15,17-19,22-23H,3,7-8,13,20-21H2,1-2,4-6H3;1H4/b28-18+;. The Morgan fingerprint density at radius 1 is 1.06 bits per heavy atom. The predicted octanol–water partition coefficient (Wildman–Crippen LogP) is 8.65.